The number of carbonyl (C=O) groups is 1. The summed E-state index contributed by atoms with van der Waals surface area (Å²) in [5.41, 5.74) is 0.606. The second-order valence-electron chi connectivity index (χ2n) is 7.85. The molecule has 4 rings (SSSR count). The van der Waals surface area contributed by atoms with Gasteiger partial charge in [0.15, 0.2) is 11.3 Å². The highest BCUT2D eigenvalue weighted by molar-refractivity contribution is 5.88. The largest absolute Gasteiger partial charge is 0.504 e. The van der Waals surface area contributed by atoms with E-state index in [1.807, 2.05) is 6.07 Å². The van der Waals surface area contributed by atoms with E-state index >= 15 is 0 Å². The number of phenols is 1. The zero-order valence-corrected chi connectivity index (χ0v) is 14.2. The topological polar surface area (TPSA) is 94.5 Å². The minimum absolute atomic E-state index is 0.0313. The van der Waals surface area contributed by atoms with Crippen molar-refractivity contribution in [3.8, 4) is 11.8 Å². The van der Waals surface area contributed by atoms with Crippen LogP contribution in [-0.4, -0.2) is 16.2 Å². The smallest absolute Gasteiger partial charge is 0.306 e. The lowest BCUT2D eigenvalue weighted by Gasteiger charge is -2.34. The van der Waals surface area contributed by atoms with E-state index in [0.29, 0.717) is 31.3 Å². The van der Waals surface area contributed by atoms with E-state index < -0.39 is 11.4 Å². The highest BCUT2D eigenvalue weighted by Crippen LogP contribution is 2.51. The van der Waals surface area contributed by atoms with Crippen molar-refractivity contribution in [1.29, 1.82) is 5.26 Å². The number of carboxylic acid groups (broad SMARTS) is 1. The van der Waals surface area contributed by atoms with Crippen LogP contribution < -0.4 is 0 Å². The highest BCUT2D eigenvalue weighted by atomic mass is 16.4. The molecule has 1 aromatic heterocycles. The summed E-state index contributed by atoms with van der Waals surface area (Å²) < 4.78 is 5.95. The first-order chi connectivity index (χ1) is 11.9. The van der Waals surface area contributed by atoms with Gasteiger partial charge in [-0.15, -0.1) is 0 Å². The summed E-state index contributed by atoms with van der Waals surface area (Å²) >= 11 is 0. The molecule has 2 aromatic rings. The molecule has 0 spiro atoms. The minimum atomic E-state index is -0.783. The van der Waals surface area contributed by atoms with E-state index in [1.165, 1.54) is 0 Å². The molecule has 2 aliphatic carbocycles. The SMILES string of the molecule is CC1(c2cc3c(C4(C#N)CCC(C(=O)O)CC4)ccc(O)c3o2)CC1. The Hall–Kier alpha value is -2.48. The van der Waals surface area contributed by atoms with Crippen molar-refractivity contribution in [3.63, 3.8) is 0 Å². The average Bonchev–Trinajstić information content (AvgIpc) is 3.19. The fourth-order valence-electron chi connectivity index (χ4n) is 4.06. The van der Waals surface area contributed by atoms with Crippen LogP contribution >= 0.6 is 0 Å². The molecule has 0 bridgehead atoms. The summed E-state index contributed by atoms with van der Waals surface area (Å²) in [5.74, 6) is -0.215. The Bertz CT molecular complexity index is 892. The lowest BCUT2D eigenvalue weighted by atomic mass is 9.67. The molecule has 5 nitrogen and oxygen atoms in total. The summed E-state index contributed by atoms with van der Waals surface area (Å²) in [6.45, 7) is 2.14. The van der Waals surface area contributed by atoms with E-state index in [9.17, 15) is 20.3 Å². The fraction of sp³-hybridized carbons (Fsp3) is 0.500. The number of nitriles is 1. The highest BCUT2D eigenvalue weighted by Gasteiger charge is 2.44. The molecule has 5 heteroatoms. The fourth-order valence-corrected chi connectivity index (χ4v) is 4.06. The Balaban J connectivity index is 1.80. The van der Waals surface area contributed by atoms with Gasteiger partial charge in [0.05, 0.1) is 17.4 Å². The van der Waals surface area contributed by atoms with Gasteiger partial charge < -0.3 is 14.6 Å². The van der Waals surface area contributed by atoms with Crippen molar-refractivity contribution in [2.45, 2.75) is 56.3 Å². The van der Waals surface area contributed by atoms with Crippen LogP contribution in [0.3, 0.4) is 0 Å². The number of aromatic hydroxyl groups is 1. The van der Waals surface area contributed by atoms with Crippen molar-refractivity contribution in [1.82, 2.24) is 0 Å². The van der Waals surface area contributed by atoms with Crippen LogP contribution in [0.4, 0.5) is 0 Å². The zero-order chi connectivity index (χ0) is 17.8. The Labute approximate surface area is 145 Å². The first kappa shape index (κ1) is 16.0. The van der Waals surface area contributed by atoms with Crippen LogP contribution in [0, 0.1) is 17.2 Å². The van der Waals surface area contributed by atoms with Gasteiger partial charge in [0.2, 0.25) is 0 Å². The number of rotatable bonds is 3. The molecule has 1 aromatic carbocycles. The van der Waals surface area contributed by atoms with Gasteiger partial charge in [-0.2, -0.15) is 5.26 Å². The second kappa shape index (κ2) is 5.26. The molecule has 130 valence electrons. The van der Waals surface area contributed by atoms with Gasteiger partial charge in [-0.3, -0.25) is 4.79 Å². The number of aliphatic carboxylic acids is 1. The van der Waals surface area contributed by atoms with E-state index in [1.54, 1.807) is 12.1 Å². The van der Waals surface area contributed by atoms with Gasteiger partial charge in [-0.1, -0.05) is 13.0 Å². The van der Waals surface area contributed by atoms with Gasteiger partial charge in [0, 0.05) is 10.8 Å². The van der Waals surface area contributed by atoms with Gasteiger partial charge in [-0.25, -0.2) is 0 Å². The molecule has 0 atom stereocenters. The number of furan rings is 1. The zero-order valence-electron chi connectivity index (χ0n) is 14.2. The summed E-state index contributed by atoms with van der Waals surface area (Å²) in [6, 6.07) is 7.81. The van der Waals surface area contributed by atoms with Gasteiger partial charge >= 0.3 is 5.97 Å². The number of hydrogen-bond donors (Lipinski definition) is 2. The number of carboxylic acids is 1. The van der Waals surface area contributed by atoms with E-state index in [2.05, 4.69) is 13.0 Å². The first-order valence-electron chi connectivity index (χ1n) is 8.79. The Morgan fingerprint density at radius 2 is 1.96 bits per heavy atom. The molecule has 2 N–H and O–H groups in total. The molecule has 0 saturated heterocycles. The molecule has 2 fully saturated rings. The van der Waals surface area contributed by atoms with Crippen LogP contribution in [-0.2, 0) is 15.6 Å². The number of benzene rings is 1. The maximum atomic E-state index is 11.2. The summed E-state index contributed by atoms with van der Waals surface area (Å²) in [5, 5.41) is 30.2. The van der Waals surface area contributed by atoms with Crippen LogP contribution in [0.25, 0.3) is 11.0 Å². The Morgan fingerprint density at radius 3 is 2.52 bits per heavy atom. The lowest BCUT2D eigenvalue weighted by Crippen LogP contribution is -2.33. The van der Waals surface area contributed by atoms with Crippen molar-refractivity contribution in [2.75, 3.05) is 0 Å². The van der Waals surface area contributed by atoms with Gasteiger partial charge in [0.1, 0.15) is 5.76 Å². The number of hydrogen-bond acceptors (Lipinski definition) is 4. The molecule has 0 amide bonds. The van der Waals surface area contributed by atoms with Crippen molar-refractivity contribution < 1.29 is 19.4 Å². The molecular formula is C20H21NO4. The molecule has 25 heavy (non-hydrogen) atoms. The number of phenolic OH excluding ortho intramolecular Hbond substituents is 1. The van der Waals surface area contributed by atoms with Gasteiger partial charge in [0.25, 0.3) is 0 Å². The van der Waals surface area contributed by atoms with E-state index in [4.69, 9.17) is 4.42 Å². The summed E-state index contributed by atoms with van der Waals surface area (Å²) in [6.07, 6.45) is 4.14. The first-order valence-corrected chi connectivity index (χ1v) is 8.79. The third-order valence-electron chi connectivity index (χ3n) is 6.18. The third kappa shape index (κ3) is 2.39. The van der Waals surface area contributed by atoms with Crippen molar-refractivity contribution >= 4 is 16.9 Å². The van der Waals surface area contributed by atoms with Crippen LogP contribution in [0.5, 0.6) is 5.75 Å². The second-order valence-corrected chi connectivity index (χ2v) is 7.85. The van der Waals surface area contributed by atoms with E-state index in [0.717, 1.165) is 29.6 Å². The van der Waals surface area contributed by atoms with Crippen LogP contribution in [0.2, 0.25) is 0 Å². The molecule has 2 saturated carbocycles. The maximum Gasteiger partial charge on any atom is 0.306 e. The monoisotopic (exact) mass is 339 g/mol. The molecule has 0 radical (unpaired) electrons. The number of fused-ring (bicyclic) bond motifs is 1. The predicted molar refractivity (Wildman–Crippen MR) is 91.3 cm³/mol. The quantitative estimate of drug-likeness (QED) is 0.873. The van der Waals surface area contributed by atoms with Crippen molar-refractivity contribution in [2.24, 2.45) is 5.92 Å². The van der Waals surface area contributed by atoms with Crippen LogP contribution in [0.15, 0.2) is 22.6 Å². The van der Waals surface area contributed by atoms with Gasteiger partial charge in [-0.05, 0) is 56.2 Å². The normalized spacial score (nSPS) is 27.8. The van der Waals surface area contributed by atoms with Crippen LogP contribution in [0.1, 0.15) is 56.8 Å². The Kier molecular flexibility index (Phi) is 3.37. The molecule has 0 unspecified atom stereocenters. The van der Waals surface area contributed by atoms with E-state index in [-0.39, 0.29) is 17.1 Å². The average molecular weight is 339 g/mol. The summed E-state index contributed by atoms with van der Waals surface area (Å²) in [4.78, 5) is 11.2. The maximum absolute atomic E-state index is 11.2. The molecule has 2 aliphatic rings. The summed E-state index contributed by atoms with van der Waals surface area (Å²) in [7, 11) is 0. The molecule has 1 heterocycles. The predicted octanol–water partition coefficient (Wildman–Crippen LogP) is 4.23. The molecular weight excluding hydrogens is 318 g/mol. The van der Waals surface area contributed by atoms with Crippen molar-refractivity contribution in [3.05, 3.63) is 29.5 Å². The lowest BCUT2D eigenvalue weighted by molar-refractivity contribution is -0.143. The standard InChI is InChI=1S/C20H21NO4/c1-19(8-9-19)16-10-13-14(2-3-15(22)17(13)25-16)20(11-21)6-4-12(5-7-20)18(23)24/h2-3,10,12,22H,4-9H2,1H3,(H,23,24). The Morgan fingerprint density at radius 1 is 1.28 bits per heavy atom. The molecule has 0 aliphatic heterocycles. The third-order valence-corrected chi connectivity index (χ3v) is 6.18. The minimum Gasteiger partial charge on any atom is -0.504 e. The number of nitrogens with zero attached hydrogens (tertiary/aromatic N) is 1.